The number of hydrogen-bond acceptors (Lipinski definition) is 3. The fourth-order valence-corrected chi connectivity index (χ4v) is 3.41. The standard InChI is InChI=1S/C17H31N5O/c18-17(20-13-14-3-1-4-14)19-7-8-21-9-11-22(12-10-21)16(23)15-5-2-6-15/h14-15H,1-13H2,(H3,18,19,20). The Morgan fingerprint density at radius 2 is 1.78 bits per heavy atom. The number of carbonyl (C=O) groups is 1. The van der Waals surface area contributed by atoms with Crippen molar-refractivity contribution in [2.24, 2.45) is 22.6 Å². The molecule has 0 aromatic rings. The van der Waals surface area contributed by atoms with Crippen molar-refractivity contribution in [2.45, 2.75) is 38.5 Å². The molecule has 3 fully saturated rings. The van der Waals surface area contributed by atoms with Gasteiger partial charge < -0.3 is 16.0 Å². The maximum absolute atomic E-state index is 12.2. The van der Waals surface area contributed by atoms with Crippen LogP contribution in [0.2, 0.25) is 0 Å². The van der Waals surface area contributed by atoms with Crippen LogP contribution in [0.25, 0.3) is 0 Å². The Morgan fingerprint density at radius 1 is 1.09 bits per heavy atom. The number of nitrogens with one attached hydrogen (secondary N) is 1. The van der Waals surface area contributed by atoms with Crippen LogP contribution in [0.15, 0.2) is 4.99 Å². The Morgan fingerprint density at radius 3 is 2.35 bits per heavy atom. The molecule has 0 bridgehead atoms. The second-order valence-electron chi connectivity index (χ2n) is 7.24. The molecule has 6 heteroatoms. The van der Waals surface area contributed by atoms with E-state index in [-0.39, 0.29) is 0 Å². The smallest absolute Gasteiger partial charge is 0.225 e. The topological polar surface area (TPSA) is 74.0 Å². The van der Waals surface area contributed by atoms with Gasteiger partial charge in [-0.05, 0) is 31.6 Å². The zero-order valence-electron chi connectivity index (χ0n) is 14.2. The van der Waals surface area contributed by atoms with Crippen LogP contribution in [0.5, 0.6) is 0 Å². The molecule has 0 aromatic carbocycles. The molecule has 130 valence electrons. The molecule has 2 aliphatic carbocycles. The van der Waals surface area contributed by atoms with Crippen LogP contribution in [-0.2, 0) is 4.79 Å². The Hall–Kier alpha value is -1.30. The maximum Gasteiger partial charge on any atom is 0.225 e. The lowest BCUT2D eigenvalue weighted by atomic mass is 9.84. The van der Waals surface area contributed by atoms with E-state index in [1.165, 1.54) is 25.7 Å². The van der Waals surface area contributed by atoms with E-state index >= 15 is 0 Å². The number of nitrogens with two attached hydrogens (primary N) is 1. The molecule has 1 amide bonds. The summed E-state index contributed by atoms with van der Waals surface area (Å²) in [4.78, 5) is 21.1. The quantitative estimate of drug-likeness (QED) is 0.556. The molecule has 1 heterocycles. The van der Waals surface area contributed by atoms with E-state index < -0.39 is 0 Å². The van der Waals surface area contributed by atoms with Crippen molar-refractivity contribution >= 4 is 11.9 Å². The van der Waals surface area contributed by atoms with Crippen molar-refractivity contribution in [3.05, 3.63) is 0 Å². The van der Waals surface area contributed by atoms with E-state index in [1.54, 1.807) is 0 Å². The van der Waals surface area contributed by atoms with Gasteiger partial charge in [0.15, 0.2) is 5.96 Å². The molecule has 1 aliphatic heterocycles. The van der Waals surface area contributed by atoms with Gasteiger partial charge >= 0.3 is 0 Å². The average Bonchev–Trinajstić information content (AvgIpc) is 2.44. The van der Waals surface area contributed by atoms with Crippen molar-refractivity contribution in [1.82, 2.24) is 15.1 Å². The molecule has 3 N–H and O–H groups in total. The molecule has 23 heavy (non-hydrogen) atoms. The third kappa shape index (κ3) is 4.59. The van der Waals surface area contributed by atoms with Crippen LogP contribution in [-0.4, -0.2) is 67.5 Å². The summed E-state index contributed by atoms with van der Waals surface area (Å²) in [6.07, 6.45) is 7.39. The first-order valence-electron chi connectivity index (χ1n) is 9.27. The minimum Gasteiger partial charge on any atom is -0.370 e. The van der Waals surface area contributed by atoms with Gasteiger partial charge in [0.2, 0.25) is 5.91 Å². The van der Waals surface area contributed by atoms with Crippen molar-refractivity contribution in [1.29, 1.82) is 0 Å². The molecule has 0 spiro atoms. The number of aliphatic imine (C=N–C) groups is 1. The molecular weight excluding hydrogens is 290 g/mol. The van der Waals surface area contributed by atoms with Crippen molar-refractivity contribution in [3.8, 4) is 0 Å². The van der Waals surface area contributed by atoms with Crippen LogP contribution in [0.4, 0.5) is 0 Å². The first kappa shape index (κ1) is 16.6. The summed E-state index contributed by atoms with van der Waals surface area (Å²) < 4.78 is 0. The summed E-state index contributed by atoms with van der Waals surface area (Å²) in [5.41, 5.74) is 5.90. The van der Waals surface area contributed by atoms with E-state index in [2.05, 4.69) is 20.1 Å². The average molecular weight is 321 g/mol. The van der Waals surface area contributed by atoms with Crippen LogP contribution in [0.3, 0.4) is 0 Å². The molecule has 3 aliphatic rings. The zero-order chi connectivity index (χ0) is 16.1. The Kier molecular flexibility index (Phi) is 5.75. The molecule has 1 saturated heterocycles. The highest BCUT2D eigenvalue weighted by Gasteiger charge is 2.30. The van der Waals surface area contributed by atoms with Crippen LogP contribution in [0, 0.1) is 11.8 Å². The van der Waals surface area contributed by atoms with Crippen molar-refractivity contribution < 1.29 is 4.79 Å². The van der Waals surface area contributed by atoms with Crippen LogP contribution in [0.1, 0.15) is 38.5 Å². The summed E-state index contributed by atoms with van der Waals surface area (Å²) >= 11 is 0. The number of nitrogens with zero attached hydrogens (tertiary/aromatic N) is 3. The number of carbonyl (C=O) groups excluding carboxylic acids is 1. The van der Waals surface area contributed by atoms with Crippen molar-refractivity contribution in [3.63, 3.8) is 0 Å². The molecule has 3 rings (SSSR count). The highest BCUT2D eigenvalue weighted by Crippen LogP contribution is 2.28. The molecule has 0 unspecified atom stereocenters. The minimum atomic E-state index is 0.329. The Balaban J connectivity index is 1.27. The number of rotatable bonds is 6. The van der Waals surface area contributed by atoms with Gasteiger partial charge in [-0.15, -0.1) is 0 Å². The first-order valence-corrected chi connectivity index (χ1v) is 9.27. The van der Waals surface area contributed by atoms with E-state index in [0.29, 0.717) is 17.8 Å². The van der Waals surface area contributed by atoms with E-state index in [9.17, 15) is 4.79 Å². The first-order chi connectivity index (χ1) is 11.2. The second-order valence-corrected chi connectivity index (χ2v) is 7.24. The SMILES string of the molecule is NC(=NCC1CCC1)NCCN1CCN(C(=O)C2CCC2)CC1. The molecular formula is C17H31N5O. The van der Waals surface area contributed by atoms with Gasteiger partial charge in [-0.25, -0.2) is 0 Å². The van der Waals surface area contributed by atoms with Crippen LogP contribution >= 0.6 is 0 Å². The summed E-state index contributed by atoms with van der Waals surface area (Å²) in [6.45, 7) is 6.36. The van der Waals surface area contributed by atoms with E-state index in [4.69, 9.17) is 5.73 Å². The monoisotopic (exact) mass is 321 g/mol. The van der Waals surface area contributed by atoms with Gasteiger partial charge in [0.1, 0.15) is 0 Å². The van der Waals surface area contributed by atoms with E-state index in [0.717, 1.165) is 64.6 Å². The van der Waals surface area contributed by atoms with Gasteiger partial charge in [0, 0.05) is 51.7 Å². The molecule has 0 atom stereocenters. The number of guanidine groups is 1. The summed E-state index contributed by atoms with van der Waals surface area (Å²) in [5, 5.41) is 3.21. The summed E-state index contributed by atoms with van der Waals surface area (Å²) in [5.74, 6) is 2.06. The molecule has 2 saturated carbocycles. The third-order valence-electron chi connectivity index (χ3n) is 5.62. The fraction of sp³-hybridized carbons (Fsp3) is 0.882. The van der Waals surface area contributed by atoms with E-state index in [1.807, 2.05) is 0 Å². The number of hydrogen-bond donors (Lipinski definition) is 2. The van der Waals surface area contributed by atoms with Gasteiger partial charge in [0.05, 0.1) is 0 Å². The van der Waals surface area contributed by atoms with Gasteiger partial charge in [-0.3, -0.25) is 14.7 Å². The lowest BCUT2D eigenvalue weighted by Crippen LogP contribution is -2.52. The molecule has 6 nitrogen and oxygen atoms in total. The summed E-state index contributed by atoms with van der Waals surface area (Å²) in [7, 11) is 0. The Bertz CT molecular complexity index is 423. The predicted molar refractivity (Wildman–Crippen MR) is 92.2 cm³/mol. The second kappa shape index (κ2) is 7.99. The van der Waals surface area contributed by atoms with Gasteiger partial charge in [-0.1, -0.05) is 12.8 Å². The highest BCUT2D eigenvalue weighted by molar-refractivity contribution is 5.79. The fourth-order valence-electron chi connectivity index (χ4n) is 3.41. The number of piperazine rings is 1. The number of amides is 1. The third-order valence-corrected chi connectivity index (χ3v) is 5.62. The van der Waals surface area contributed by atoms with Gasteiger partial charge in [-0.2, -0.15) is 0 Å². The zero-order valence-corrected chi connectivity index (χ0v) is 14.2. The molecule has 0 aromatic heterocycles. The van der Waals surface area contributed by atoms with Crippen LogP contribution < -0.4 is 11.1 Å². The predicted octanol–water partition coefficient (Wildman–Crippen LogP) is 0.635. The minimum absolute atomic E-state index is 0.329. The van der Waals surface area contributed by atoms with Crippen molar-refractivity contribution in [2.75, 3.05) is 45.8 Å². The normalized spacial score (nSPS) is 24.2. The molecule has 0 radical (unpaired) electrons. The lowest BCUT2D eigenvalue weighted by Gasteiger charge is -2.38. The highest BCUT2D eigenvalue weighted by atomic mass is 16.2. The largest absolute Gasteiger partial charge is 0.370 e. The van der Waals surface area contributed by atoms with Gasteiger partial charge in [0.25, 0.3) is 0 Å². The lowest BCUT2D eigenvalue weighted by molar-refractivity contribution is -0.139. The Labute approximate surface area is 139 Å². The summed E-state index contributed by atoms with van der Waals surface area (Å²) in [6, 6.07) is 0. The maximum atomic E-state index is 12.2.